The first-order valence-electron chi connectivity index (χ1n) is 9.49. The normalized spacial score (nSPS) is 11.1. The molecule has 0 saturated heterocycles. The summed E-state index contributed by atoms with van der Waals surface area (Å²) in [5, 5.41) is 8.65. The molecular weight excluding hydrogens is 376 g/mol. The number of carboxylic acid groups (broad SMARTS) is 1. The van der Waals surface area contributed by atoms with Crippen LogP contribution in [-0.4, -0.2) is 36.4 Å². The van der Waals surface area contributed by atoms with Crippen molar-refractivity contribution in [3.8, 4) is 5.75 Å². The Balaban J connectivity index is 1.87. The smallest absolute Gasteiger partial charge is 0.341 e. The Morgan fingerprint density at radius 2 is 1.72 bits per heavy atom. The molecule has 2 aromatic heterocycles. The summed E-state index contributed by atoms with van der Waals surface area (Å²) < 4.78 is 9.65. The van der Waals surface area contributed by atoms with E-state index in [2.05, 4.69) is 4.98 Å². The molecule has 0 fully saturated rings. The predicted octanol–water partition coefficient (Wildman–Crippen LogP) is 1.19. The number of aliphatic carboxylic acids is 1. The van der Waals surface area contributed by atoms with Crippen LogP contribution >= 0.6 is 0 Å². The summed E-state index contributed by atoms with van der Waals surface area (Å²) in [4.78, 5) is 40.4. The van der Waals surface area contributed by atoms with Gasteiger partial charge in [0.2, 0.25) is 0 Å². The monoisotopic (exact) mass is 400 g/mol. The number of hydrogen-bond acceptors (Lipinski definition) is 5. The molecule has 0 saturated carbocycles. The number of fused-ring (bicyclic) bond motifs is 1. The maximum Gasteiger partial charge on any atom is 0.341 e. The van der Waals surface area contributed by atoms with Crippen LogP contribution in [0.5, 0.6) is 5.75 Å². The minimum atomic E-state index is -1.02. The third-order valence-corrected chi connectivity index (χ3v) is 4.89. The Morgan fingerprint density at radius 3 is 2.31 bits per heavy atom. The van der Waals surface area contributed by atoms with Crippen molar-refractivity contribution in [3.63, 3.8) is 0 Å². The average Bonchev–Trinajstić information content (AvgIpc) is 3.02. The highest BCUT2D eigenvalue weighted by Crippen LogP contribution is 2.16. The van der Waals surface area contributed by atoms with Crippen LogP contribution in [0.4, 0.5) is 0 Å². The van der Waals surface area contributed by atoms with Gasteiger partial charge in [-0.05, 0) is 38.0 Å². The van der Waals surface area contributed by atoms with Crippen molar-refractivity contribution < 1.29 is 14.6 Å². The number of hydrogen-bond donors (Lipinski definition) is 1. The molecule has 0 atom stereocenters. The lowest BCUT2D eigenvalue weighted by molar-refractivity contribution is -0.139. The van der Waals surface area contributed by atoms with E-state index < -0.39 is 5.97 Å². The molecule has 1 aromatic carbocycles. The molecule has 1 N–H and O–H groups in total. The fourth-order valence-corrected chi connectivity index (χ4v) is 3.35. The van der Waals surface area contributed by atoms with E-state index in [0.29, 0.717) is 42.8 Å². The highest BCUT2D eigenvalue weighted by Gasteiger charge is 2.18. The van der Waals surface area contributed by atoms with Crippen LogP contribution < -0.4 is 16.0 Å². The number of benzene rings is 1. The molecule has 0 amide bonds. The van der Waals surface area contributed by atoms with E-state index in [4.69, 9.17) is 9.84 Å². The second-order valence-electron chi connectivity index (χ2n) is 6.66. The molecule has 0 spiro atoms. The number of imidazole rings is 1. The van der Waals surface area contributed by atoms with Crippen molar-refractivity contribution in [2.24, 2.45) is 7.05 Å². The molecule has 3 aromatic rings. The van der Waals surface area contributed by atoms with Gasteiger partial charge in [0, 0.05) is 26.6 Å². The number of carbonyl (C=O) groups is 1. The Bertz CT molecular complexity index is 1150. The van der Waals surface area contributed by atoms with Gasteiger partial charge in [-0.3, -0.25) is 13.9 Å². The summed E-state index contributed by atoms with van der Waals surface area (Å²) in [6.07, 6.45) is 1.26. The van der Waals surface area contributed by atoms with E-state index in [1.165, 1.54) is 9.13 Å². The summed E-state index contributed by atoms with van der Waals surface area (Å²) in [5.41, 5.74) is 1.22. The Labute approximate surface area is 166 Å². The molecule has 2 heterocycles. The van der Waals surface area contributed by atoms with Crippen molar-refractivity contribution in [2.75, 3.05) is 6.61 Å². The summed E-state index contributed by atoms with van der Waals surface area (Å²) in [7, 11) is 1.79. The van der Waals surface area contributed by atoms with Gasteiger partial charge in [0.05, 0.1) is 0 Å². The van der Waals surface area contributed by atoms with Crippen LogP contribution in [-0.2, 0) is 37.8 Å². The van der Waals surface area contributed by atoms with Crippen molar-refractivity contribution in [1.82, 2.24) is 18.7 Å². The maximum atomic E-state index is 12.7. The summed E-state index contributed by atoms with van der Waals surface area (Å²) >= 11 is 0. The number of ether oxygens (including phenoxy) is 1. The minimum absolute atomic E-state index is 0.310. The predicted molar refractivity (Wildman–Crippen MR) is 108 cm³/mol. The van der Waals surface area contributed by atoms with E-state index >= 15 is 0 Å². The molecule has 0 aliphatic heterocycles. The van der Waals surface area contributed by atoms with E-state index in [0.717, 1.165) is 11.4 Å². The highest BCUT2D eigenvalue weighted by atomic mass is 16.5. The van der Waals surface area contributed by atoms with Gasteiger partial charge in [0.1, 0.15) is 11.6 Å². The molecule has 0 bridgehead atoms. The van der Waals surface area contributed by atoms with Crippen LogP contribution in [0, 0.1) is 0 Å². The molecule has 3 rings (SSSR count). The lowest BCUT2D eigenvalue weighted by Gasteiger charge is -2.08. The summed E-state index contributed by atoms with van der Waals surface area (Å²) in [5.74, 6) is 0.188. The Kier molecular flexibility index (Phi) is 5.86. The molecule has 29 heavy (non-hydrogen) atoms. The molecular formula is C20H24N4O5. The van der Waals surface area contributed by atoms with Gasteiger partial charge in [-0.25, -0.2) is 14.6 Å². The van der Waals surface area contributed by atoms with Crippen molar-refractivity contribution in [1.29, 1.82) is 0 Å². The van der Waals surface area contributed by atoms with Crippen molar-refractivity contribution in [2.45, 2.75) is 39.8 Å². The van der Waals surface area contributed by atoms with Crippen molar-refractivity contribution >= 4 is 17.1 Å². The number of nitrogens with zero attached hydrogens (tertiary/aromatic N) is 4. The van der Waals surface area contributed by atoms with Gasteiger partial charge in [0.15, 0.2) is 17.8 Å². The van der Waals surface area contributed by atoms with E-state index in [1.54, 1.807) is 30.7 Å². The van der Waals surface area contributed by atoms with E-state index in [-0.39, 0.29) is 17.9 Å². The number of aromatic nitrogens is 4. The van der Waals surface area contributed by atoms with Crippen molar-refractivity contribution in [3.05, 3.63) is 56.5 Å². The minimum Gasteiger partial charge on any atom is -0.482 e. The lowest BCUT2D eigenvalue weighted by atomic mass is 10.1. The van der Waals surface area contributed by atoms with Gasteiger partial charge in [-0.2, -0.15) is 0 Å². The average molecular weight is 400 g/mol. The second kappa shape index (κ2) is 8.34. The van der Waals surface area contributed by atoms with Crippen LogP contribution in [0.3, 0.4) is 0 Å². The first kappa shape index (κ1) is 20.4. The van der Waals surface area contributed by atoms with Gasteiger partial charge in [-0.15, -0.1) is 0 Å². The summed E-state index contributed by atoms with van der Waals surface area (Å²) in [6, 6.07) is 7.18. The number of carboxylic acids is 1. The number of aryl methyl sites for hydroxylation is 4. The van der Waals surface area contributed by atoms with E-state index in [9.17, 15) is 14.4 Å². The lowest BCUT2D eigenvalue weighted by Crippen LogP contribution is -2.39. The highest BCUT2D eigenvalue weighted by molar-refractivity contribution is 5.71. The zero-order chi connectivity index (χ0) is 21.1. The molecule has 0 aliphatic rings. The van der Waals surface area contributed by atoms with Gasteiger partial charge < -0.3 is 14.4 Å². The number of rotatable bonds is 8. The molecule has 154 valence electrons. The SMILES string of the molecule is CCn1c(=O)c2c(nc(CCc3ccc(OCC(=O)O)cc3)n2C)n(CC)c1=O. The fraction of sp³-hybridized carbons (Fsp3) is 0.400. The fourth-order valence-electron chi connectivity index (χ4n) is 3.35. The largest absolute Gasteiger partial charge is 0.482 e. The Hall–Kier alpha value is -3.36. The van der Waals surface area contributed by atoms with E-state index in [1.807, 2.05) is 19.1 Å². The van der Waals surface area contributed by atoms with Gasteiger partial charge in [-0.1, -0.05) is 12.1 Å². The van der Waals surface area contributed by atoms with Gasteiger partial charge in [0.25, 0.3) is 5.56 Å². The second-order valence-corrected chi connectivity index (χ2v) is 6.66. The van der Waals surface area contributed by atoms with Crippen LogP contribution in [0.2, 0.25) is 0 Å². The van der Waals surface area contributed by atoms with Gasteiger partial charge >= 0.3 is 11.7 Å². The molecule has 9 nitrogen and oxygen atoms in total. The topological polar surface area (TPSA) is 108 Å². The summed E-state index contributed by atoms with van der Waals surface area (Å²) in [6.45, 7) is 3.99. The van der Waals surface area contributed by atoms with Crippen LogP contribution in [0.25, 0.3) is 11.2 Å². The molecule has 0 radical (unpaired) electrons. The zero-order valence-corrected chi connectivity index (χ0v) is 16.7. The first-order chi connectivity index (χ1) is 13.9. The molecule has 0 unspecified atom stereocenters. The third kappa shape index (κ3) is 3.94. The Morgan fingerprint density at radius 1 is 1.07 bits per heavy atom. The molecule has 0 aliphatic carbocycles. The zero-order valence-electron chi connectivity index (χ0n) is 16.7. The molecule has 9 heteroatoms. The maximum absolute atomic E-state index is 12.7. The third-order valence-electron chi connectivity index (χ3n) is 4.89. The van der Waals surface area contributed by atoms with Crippen LogP contribution in [0.15, 0.2) is 33.9 Å². The standard InChI is InChI=1S/C20H24N4O5/c1-4-23-18-17(19(27)24(5-2)20(23)28)22(3)15(21-18)11-8-13-6-9-14(10-7-13)29-12-16(25)26/h6-7,9-10H,4-5,8,11-12H2,1-3H3,(H,25,26). The quantitative estimate of drug-likeness (QED) is 0.608. The first-order valence-corrected chi connectivity index (χ1v) is 9.49. The van der Waals surface area contributed by atoms with Crippen LogP contribution in [0.1, 0.15) is 25.2 Å².